The quantitative estimate of drug-likeness (QED) is 0.845. The number of amides is 2. The standard InChI is InChI=1S/C15H19N3O2/c1-18-9-12(3-5-14(18)19)17-15(20)11-2-4-13-10(8-11)6-7-16-13/h2,4,8,12,16H,3,5-7,9H2,1H3,(H,17,20). The normalized spacial score (nSPS) is 21.4. The van der Waals surface area contributed by atoms with Crippen molar-refractivity contribution < 1.29 is 9.59 Å². The lowest BCUT2D eigenvalue weighted by Crippen LogP contribution is -2.48. The molecule has 2 aliphatic rings. The van der Waals surface area contributed by atoms with Crippen molar-refractivity contribution in [2.24, 2.45) is 0 Å². The summed E-state index contributed by atoms with van der Waals surface area (Å²) in [6.07, 6.45) is 2.20. The summed E-state index contributed by atoms with van der Waals surface area (Å²) in [5, 5.41) is 6.31. The summed E-state index contributed by atoms with van der Waals surface area (Å²) in [6.45, 7) is 1.53. The second-order valence-electron chi connectivity index (χ2n) is 5.53. The van der Waals surface area contributed by atoms with E-state index in [1.54, 1.807) is 11.9 Å². The minimum atomic E-state index is -0.0487. The Morgan fingerprint density at radius 2 is 2.25 bits per heavy atom. The summed E-state index contributed by atoms with van der Waals surface area (Å²) in [7, 11) is 1.78. The largest absolute Gasteiger partial charge is 0.384 e. The smallest absolute Gasteiger partial charge is 0.251 e. The van der Waals surface area contributed by atoms with Crippen LogP contribution in [0.4, 0.5) is 5.69 Å². The maximum absolute atomic E-state index is 12.3. The highest BCUT2D eigenvalue weighted by molar-refractivity contribution is 5.95. The van der Waals surface area contributed by atoms with E-state index >= 15 is 0 Å². The summed E-state index contributed by atoms with van der Waals surface area (Å²) in [5.41, 5.74) is 3.03. The van der Waals surface area contributed by atoms with E-state index in [2.05, 4.69) is 10.6 Å². The highest BCUT2D eigenvalue weighted by atomic mass is 16.2. The molecule has 5 heteroatoms. The first-order chi connectivity index (χ1) is 9.63. The molecule has 1 unspecified atom stereocenters. The minimum absolute atomic E-state index is 0.0487. The zero-order valence-corrected chi connectivity index (χ0v) is 11.6. The molecular weight excluding hydrogens is 254 g/mol. The van der Waals surface area contributed by atoms with Gasteiger partial charge in [0.2, 0.25) is 5.91 Å². The number of nitrogens with zero attached hydrogens (tertiary/aromatic N) is 1. The Labute approximate surface area is 118 Å². The second-order valence-corrected chi connectivity index (χ2v) is 5.53. The Hall–Kier alpha value is -2.04. The minimum Gasteiger partial charge on any atom is -0.384 e. The topological polar surface area (TPSA) is 61.4 Å². The Balaban J connectivity index is 1.66. The molecule has 2 aliphatic heterocycles. The monoisotopic (exact) mass is 273 g/mol. The Kier molecular flexibility index (Phi) is 3.34. The van der Waals surface area contributed by atoms with Crippen LogP contribution >= 0.6 is 0 Å². The number of nitrogens with one attached hydrogen (secondary N) is 2. The van der Waals surface area contributed by atoms with E-state index < -0.39 is 0 Å². The third-order valence-electron chi connectivity index (χ3n) is 4.04. The van der Waals surface area contributed by atoms with Gasteiger partial charge in [0.25, 0.3) is 5.91 Å². The molecule has 1 fully saturated rings. The van der Waals surface area contributed by atoms with Crippen LogP contribution in [0, 0.1) is 0 Å². The van der Waals surface area contributed by atoms with E-state index in [0.717, 1.165) is 25.1 Å². The van der Waals surface area contributed by atoms with Crippen LogP contribution in [0.15, 0.2) is 18.2 Å². The molecule has 1 saturated heterocycles. The van der Waals surface area contributed by atoms with Crippen LogP contribution in [0.2, 0.25) is 0 Å². The van der Waals surface area contributed by atoms with Crippen LogP contribution in [-0.2, 0) is 11.2 Å². The number of likely N-dealkylation sites (N-methyl/N-ethyl adjacent to an activating group) is 1. The molecule has 0 aromatic heterocycles. The van der Waals surface area contributed by atoms with Crippen molar-refractivity contribution in [1.29, 1.82) is 0 Å². The van der Waals surface area contributed by atoms with Crippen LogP contribution < -0.4 is 10.6 Å². The number of hydrogen-bond acceptors (Lipinski definition) is 3. The lowest BCUT2D eigenvalue weighted by molar-refractivity contribution is -0.132. The molecule has 3 rings (SSSR count). The van der Waals surface area contributed by atoms with E-state index in [0.29, 0.717) is 18.5 Å². The molecule has 1 aromatic carbocycles. The van der Waals surface area contributed by atoms with E-state index in [4.69, 9.17) is 0 Å². The Bertz CT molecular complexity index is 556. The van der Waals surface area contributed by atoms with Crippen LogP contribution in [0.5, 0.6) is 0 Å². The maximum atomic E-state index is 12.3. The number of carbonyl (C=O) groups excluding carboxylic acids is 2. The second kappa shape index (κ2) is 5.15. The first kappa shape index (κ1) is 13.0. The van der Waals surface area contributed by atoms with Crippen molar-refractivity contribution in [3.05, 3.63) is 29.3 Å². The van der Waals surface area contributed by atoms with E-state index in [9.17, 15) is 9.59 Å². The summed E-state index contributed by atoms with van der Waals surface area (Å²) in [6, 6.07) is 5.83. The molecule has 1 atom stereocenters. The number of piperidine rings is 1. The van der Waals surface area contributed by atoms with Crippen molar-refractivity contribution in [3.63, 3.8) is 0 Å². The van der Waals surface area contributed by atoms with E-state index in [1.165, 1.54) is 5.56 Å². The Morgan fingerprint density at radius 3 is 3.05 bits per heavy atom. The molecule has 0 aliphatic carbocycles. The van der Waals surface area contributed by atoms with Gasteiger partial charge in [-0.3, -0.25) is 9.59 Å². The third kappa shape index (κ3) is 2.48. The van der Waals surface area contributed by atoms with Gasteiger partial charge in [-0.25, -0.2) is 0 Å². The van der Waals surface area contributed by atoms with Gasteiger partial charge in [0, 0.05) is 43.9 Å². The molecule has 0 bridgehead atoms. The number of carbonyl (C=O) groups is 2. The van der Waals surface area contributed by atoms with Gasteiger partial charge in [-0.15, -0.1) is 0 Å². The molecular formula is C15H19N3O2. The van der Waals surface area contributed by atoms with Crippen molar-refractivity contribution in [1.82, 2.24) is 10.2 Å². The average Bonchev–Trinajstić information content (AvgIpc) is 2.90. The van der Waals surface area contributed by atoms with Crippen molar-refractivity contribution in [3.8, 4) is 0 Å². The SMILES string of the molecule is CN1CC(NC(=O)c2ccc3c(c2)CCN3)CCC1=O. The predicted molar refractivity (Wildman–Crippen MR) is 76.8 cm³/mol. The fourth-order valence-electron chi connectivity index (χ4n) is 2.84. The molecule has 0 radical (unpaired) electrons. The summed E-state index contributed by atoms with van der Waals surface area (Å²) >= 11 is 0. The Morgan fingerprint density at radius 1 is 1.40 bits per heavy atom. The van der Waals surface area contributed by atoms with Gasteiger partial charge in [0.1, 0.15) is 0 Å². The van der Waals surface area contributed by atoms with E-state index in [-0.39, 0.29) is 17.9 Å². The van der Waals surface area contributed by atoms with Crippen LogP contribution in [0.25, 0.3) is 0 Å². The van der Waals surface area contributed by atoms with Gasteiger partial charge in [-0.1, -0.05) is 0 Å². The first-order valence-electron chi connectivity index (χ1n) is 7.05. The molecule has 2 heterocycles. The highest BCUT2D eigenvalue weighted by Gasteiger charge is 2.24. The number of rotatable bonds is 2. The van der Waals surface area contributed by atoms with Crippen LogP contribution in [0.1, 0.15) is 28.8 Å². The lowest BCUT2D eigenvalue weighted by atomic mass is 10.0. The molecule has 0 saturated carbocycles. The fourth-order valence-corrected chi connectivity index (χ4v) is 2.84. The van der Waals surface area contributed by atoms with E-state index in [1.807, 2.05) is 18.2 Å². The van der Waals surface area contributed by atoms with Crippen molar-refractivity contribution >= 4 is 17.5 Å². The van der Waals surface area contributed by atoms with Gasteiger partial charge in [-0.05, 0) is 36.6 Å². The van der Waals surface area contributed by atoms with Gasteiger partial charge >= 0.3 is 0 Å². The average molecular weight is 273 g/mol. The third-order valence-corrected chi connectivity index (χ3v) is 4.04. The molecule has 20 heavy (non-hydrogen) atoms. The highest BCUT2D eigenvalue weighted by Crippen LogP contribution is 2.23. The lowest BCUT2D eigenvalue weighted by Gasteiger charge is -2.30. The molecule has 106 valence electrons. The van der Waals surface area contributed by atoms with Crippen LogP contribution in [-0.4, -0.2) is 42.9 Å². The number of likely N-dealkylation sites (tertiary alicyclic amines) is 1. The molecule has 5 nitrogen and oxygen atoms in total. The number of benzene rings is 1. The molecule has 2 amide bonds. The zero-order chi connectivity index (χ0) is 14.1. The summed E-state index contributed by atoms with van der Waals surface area (Å²) in [5.74, 6) is 0.103. The van der Waals surface area contributed by atoms with Gasteiger partial charge in [0.05, 0.1) is 0 Å². The molecule has 2 N–H and O–H groups in total. The van der Waals surface area contributed by atoms with Gasteiger partial charge in [0.15, 0.2) is 0 Å². The van der Waals surface area contributed by atoms with Crippen molar-refractivity contribution in [2.45, 2.75) is 25.3 Å². The molecule has 1 aromatic rings. The predicted octanol–water partition coefficient (Wildman–Crippen LogP) is 1.01. The summed E-state index contributed by atoms with van der Waals surface area (Å²) in [4.78, 5) is 25.4. The van der Waals surface area contributed by atoms with Crippen molar-refractivity contribution in [2.75, 3.05) is 25.5 Å². The fraction of sp³-hybridized carbons (Fsp3) is 0.467. The number of fused-ring (bicyclic) bond motifs is 1. The number of hydrogen-bond donors (Lipinski definition) is 2. The van der Waals surface area contributed by atoms with Crippen LogP contribution in [0.3, 0.4) is 0 Å². The molecule has 0 spiro atoms. The zero-order valence-electron chi connectivity index (χ0n) is 11.6. The number of anilines is 1. The summed E-state index contributed by atoms with van der Waals surface area (Å²) < 4.78 is 0. The maximum Gasteiger partial charge on any atom is 0.251 e. The van der Waals surface area contributed by atoms with Gasteiger partial charge < -0.3 is 15.5 Å². The van der Waals surface area contributed by atoms with Gasteiger partial charge in [-0.2, -0.15) is 0 Å². The first-order valence-corrected chi connectivity index (χ1v) is 7.05.